The summed E-state index contributed by atoms with van der Waals surface area (Å²) in [6.45, 7) is 30.0. The molecule has 0 spiro atoms. The van der Waals surface area contributed by atoms with Crippen molar-refractivity contribution in [1.29, 1.82) is 0 Å². The zero-order chi connectivity index (χ0) is 40.3. The van der Waals surface area contributed by atoms with Gasteiger partial charge in [0.05, 0.1) is 24.1 Å². The van der Waals surface area contributed by atoms with Gasteiger partial charge in [-0.3, -0.25) is 0 Å². The first-order valence-corrected chi connectivity index (χ1v) is 42.1. The van der Waals surface area contributed by atoms with E-state index in [1.807, 2.05) is 72.0 Å². The first-order valence-electron chi connectivity index (χ1n) is 17.4. The minimum absolute atomic E-state index is 0. The molecule has 0 radical (unpaired) electrons. The van der Waals surface area contributed by atoms with Gasteiger partial charge in [-0.15, -0.1) is 0 Å². The molecule has 0 heterocycles. The largest absolute Gasteiger partial charge is 1.00 e. The number of carbonyl (C=O) groups excluding carboxylic acids is 3. The number of ether oxygens (including phenoxy) is 1. The Labute approximate surface area is 381 Å². The summed E-state index contributed by atoms with van der Waals surface area (Å²) in [6, 6.07) is 3.28. The molecule has 0 aromatic heterocycles. The van der Waals surface area contributed by atoms with Crippen LogP contribution in [0.2, 0.25) is 104 Å². The molecule has 0 aliphatic rings. The van der Waals surface area contributed by atoms with Gasteiger partial charge < -0.3 is 61.6 Å². The van der Waals surface area contributed by atoms with E-state index in [0.29, 0.717) is 12.5 Å². The zero-order valence-electron chi connectivity index (χ0n) is 35.5. The van der Waals surface area contributed by atoms with Crippen LogP contribution in [0, 0.1) is 0 Å². The minimum Gasteiger partial charge on any atom is -0.545 e. The fourth-order valence-electron chi connectivity index (χ4n) is 5.69. The summed E-state index contributed by atoms with van der Waals surface area (Å²) in [7, 11) is -21.7. The molecule has 54 heavy (non-hydrogen) atoms. The third kappa shape index (κ3) is 23.9. The Kier molecular flexibility index (Phi) is 26.9. The average molecular weight is 952 g/mol. The Bertz CT molecular complexity index is 1350. The number of benzene rings is 1. The molecule has 0 aliphatic heterocycles. The summed E-state index contributed by atoms with van der Waals surface area (Å²) in [5.41, 5.74) is -1.29. The molecule has 5 atom stereocenters. The van der Waals surface area contributed by atoms with Gasteiger partial charge >= 0.3 is 99.3 Å². The van der Waals surface area contributed by atoms with Crippen molar-refractivity contribution in [3.63, 3.8) is 0 Å². The van der Waals surface area contributed by atoms with Crippen LogP contribution in [0.3, 0.4) is 0 Å². The molecule has 0 N–H and O–H groups in total. The van der Waals surface area contributed by atoms with E-state index in [2.05, 4.69) is 26.2 Å². The maximum absolute atomic E-state index is 12.9. The van der Waals surface area contributed by atoms with E-state index >= 15 is 0 Å². The van der Waals surface area contributed by atoms with E-state index in [9.17, 15) is 24.6 Å². The third-order valence-corrected chi connectivity index (χ3v) is 40.2. The van der Waals surface area contributed by atoms with Crippen molar-refractivity contribution in [2.75, 3.05) is 6.61 Å². The zero-order valence-corrected chi connectivity index (χ0v) is 50.5. The average Bonchev–Trinajstić information content (AvgIpc) is 2.91. The summed E-state index contributed by atoms with van der Waals surface area (Å²) in [6.07, 6.45) is 0.300. The summed E-state index contributed by atoms with van der Waals surface area (Å²) in [5.74, 6) is -4.21. The molecule has 15 nitrogen and oxygen atoms in total. The Balaban J connectivity index is 0. The second-order valence-corrected chi connectivity index (χ2v) is 43.9. The Hall–Kier alpha value is 1.44. The normalized spacial score (nSPS) is 16.1. The second-order valence-electron chi connectivity index (χ2n) is 14.7. The summed E-state index contributed by atoms with van der Waals surface area (Å²) < 4.78 is 62.9. The summed E-state index contributed by atoms with van der Waals surface area (Å²) in [5, 5.41) is 22.9. The van der Waals surface area contributed by atoms with Crippen molar-refractivity contribution in [1.82, 2.24) is 0 Å². The fourth-order valence-corrected chi connectivity index (χ4v) is 42.6. The standard InChI is InChI=1S/C27H62O15Si10.2Na/c1-43-34-49(9,10)40-50(11,12)41-51(13,14)42-52(15,39-47(5)37-45(3)35-44(2)36-46(4)38-48(6,7)8)20-16-19-33-27(32)24-21-22(25(28)29)17-18-23(24)26(30)31;;/h17-18,21,44-47H,16,19-20,43H2,1-15H3,(H,28,29)(H,30,31);;/q;2*+1/p-2. The van der Waals surface area contributed by atoms with Crippen molar-refractivity contribution in [2.45, 2.75) is 111 Å². The first kappa shape index (κ1) is 57.5. The van der Waals surface area contributed by atoms with Gasteiger partial charge in [-0.25, -0.2) is 4.79 Å². The van der Waals surface area contributed by atoms with Crippen LogP contribution < -0.4 is 69.3 Å². The Morgan fingerprint density at radius 1 is 0.667 bits per heavy atom. The van der Waals surface area contributed by atoms with E-state index in [1.165, 1.54) is 0 Å². The van der Waals surface area contributed by atoms with Crippen LogP contribution in [-0.4, -0.2) is 114 Å². The SMILES string of the molecule is C[SiH2]O[Si](C)(C)O[Si](C)(C)O[Si](C)(C)O[Si](C)(CCCOC(=O)c1cc(C(=O)[O-])ccc1C(=O)[O-])O[SiH](C)O[SiH](C)O[SiH](C)O[SiH](C)O[Si](C)(C)C.[Na+].[Na+]. The fraction of sp³-hybridized carbons (Fsp3) is 0.667. The number of hydrogen-bond acceptors (Lipinski definition) is 15. The van der Waals surface area contributed by atoms with Gasteiger partial charge in [0.25, 0.3) is 37.1 Å². The van der Waals surface area contributed by atoms with Crippen LogP contribution in [0.15, 0.2) is 18.2 Å². The van der Waals surface area contributed by atoms with Gasteiger partial charge in [0.15, 0.2) is 8.32 Å². The molecule has 1 aromatic rings. The first-order chi connectivity index (χ1) is 23.6. The third-order valence-electron chi connectivity index (χ3n) is 6.72. The van der Waals surface area contributed by atoms with Gasteiger partial charge in [0.2, 0.25) is 0 Å². The van der Waals surface area contributed by atoms with Gasteiger partial charge in [-0.1, -0.05) is 18.7 Å². The Morgan fingerprint density at radius 2 is 1.15 bits per heavy atom. The smallest absolute Gasteiger partial charge is 0.545 e. The molecule has 5 unspecified atom stereocenters. The second kappa shape index (κ2) is 25.3. The maximum Gasteiger partial charge on any atom is 1.00 e. The number of hydrogen-bond donors (Lipinski definition) is 0. The van der Waals surface area contributed by atoms with Crippen LogP contribution in [0.1, 0.15) is 37.5 Å². The van der Waals surface area contributed by atoms with E-state index in [-0.39, 0.29) is 71.3 Å². The van der Waals surface area contributed by atoms with Crippen molar-refractivity contribution >= 4 is 107 Å². The van der Waals surface area contributed by atoms with Crippen LogP contribution >= 0.6 is 0 Å². The minimum atomic E-state index is -3.10. The molecule has 0 aliphatic carbocycles. The van der Waals surface area contributed by atoms with Crippen molar-refractivity contribution in [3.8, 4) is 0 Å². The molecule has 0 amide bonds. The van der Waals surface area contributed by atoms with Gasteiger partial charge in [0.1, 0.15) is 9.76 Å². The Morgan fingerprint density at radius 3 is 1.63 bits per heavy atom. The van der Waals surface area contributed by atoms with Gasteiger partial charge in [-0.2, -0.15) is 0 Å². The number of carboxylic acid groups (broad SMARTS) is 2. The molecular formula is C27H60Na2O15Si10. The van der Waals surface area contributed by atoms with Crippen LogP contribution in [0.5, 0.6) is 0 Å². The van der Waals surface area contributed by atoms with E-state index in [0.717, 1.165) is 18.2 Å². The van der Waals surface area contributed by atoms with E-state index < -0.39 is 118 Å². The molecule has 0 saturated carbocycles. The number of carboxylic acids is 2. The van der Waals surface area contributed by atoms with Crippen molar-refractivity contribution < 1.29 is 125 Å². The molecule has 0 fully saturated rings. The molecule has 27 heteroatoms. The molecule has 1 rings (SSSR count). The quantitative estimate of drug-likeness (QED) is 0.0520. The predicted octanol–water partition coefficient (Wildman–Crippen LogP) is -4.34. The number of rotatable bonds is 25. The molecule has 0 saturated heterocycles. The summed E-state index contributed by atoms with van der Waals surface area (Å²) in [4.78, 5) is 35.8. The molecule has 1 aromatic carbocycles. The van der Waals surface area contributed by atoms with Gasteiger partial charge in [-0.05, 0) is 116 Å². The number of carbonyl (C=O) groups is 3. The topological polar surface area (TPSA) is 190 Å². The van der Waals surface area contributed by atoms with Crippen molar-refractivity contribution in [3.05, 3.63) is 34.9 Å². The van der Waals surface area contributed by atoms with E-state index in [4.69, 9.17) is 41.8 Å². The van der Waals surface area contributed by atoms with Crippen LogP contribution in [-0.2, 0) is 41.8 Å². The number of esters is 1. The monoisotopic (exact) mass is 950 g/mol. The van der Waals surface area contributed by atoms with Gasteiger partial charge in [0, 0.05) is 5.56 Å². The van der Waals surface area contributed by atoms with E-state index in [1.54, 1.807) is 0 Å². The number of aromatic carboxylic acids is 2. The predicted molar refractivity (Wildman–Crippen MR) is 218 cm³/mol. The molecular weight excluding hydrogens is 891 g/mol. The summed E-state index contributed by atoms with van der Waals surface area (Å²) >= 11 is 0. The van der Waals surface area contributed by atoms with Crippen molar-refractivity contribution in [2.24, 2.45) is 0 Å². The van der Waals surface area contributed by atoms with Crippen LogP contribution in [0.4, 0.5) is 0 Å². The molecule has 0 bridgehead atoms. The molecule has 300 valence electrons. The van der Waals surface area contributed by atoms with Crippen LogP contribution in [0.25, 0.3) is 0 Å². The maximum atomic E-state index is 12.9.